The molecule has 0 aliphatic rings. The van der Waals surface area contributed by atoms with Crippen molar-refractivity contribution in [3.63, 3.8) is 0 Å². The summed E-state index contributed by atoms with van der Waals surface area (Å²) in [5.74, 6) is -0.695. The Hall–Kier alpha value is -4.62. The lowest BCUT2D eigenvalue weighted by Gasteiger charge is -2.14. The molecule has 0 atom stereocenters. The lowest BCUT2D eigenvalue weighted by Crippen LogP contribution is -2.18. The number of ether oxygens (including phenoxy) is 1. The number of rotatable bonds is 12. The molecule has 14 heteroatoms. The molecule has 2 heterocycles. The molecule has 4 N–H and O–H groups in total. The van der Waals surface area contributed by atoms with Gasteiger partial charge in [0, 0.05) is 30.1 Å². The van der Waals surface area contributed by atoms with Gasteiger partial charge in [0.2, 0.25) is 11.8 Å². The van der Waals surface area contributed by atoms with E-state index >= 15 is 0 Å². The lowest BCUT2D eigenvalue weighted by molar-refractivity contribution is -0.129. The van der Waals surface area contributed by atoms with Crippen molar-refractivity contribution in [2.24, 2.45) is 0 Å². The summed E-state index contributed by atoms with van der Waals surface area (Å²) in [5, 5.41) is 23.0. The number of aromatic nitrogens is 5. The van der Waals surface area contributed by atoms with E-state index in [1.54, 1.807) is 28.5 Å². The van der Waals surface area contributed by atoms with Crippen LogP contribution in [0.25, 0.3) is 10.9 Å². The Morgan fingerprint density at radius 3 is 2.82 bits per heavy atom. The molecular weight excluding hydrogens is 531 g/mol. The highest BCUT2D eigenvalue weighted by Crippen LogP contribution is 2.34. The first kappa shape index (κ1) is 27.4. The number of fused-ring (bicyclic) bond motifs is 1. The number of carbonyl (C=O) groups is 2. The van der Waals surface area contributed by atoms with Gasteiger partial charge in [-0.05, 0) is 43.2 Å². The Morgan fingerprint density at radius 2 is 2.05 bits per heavy atom. The van der Waals surface area contributed by atoms with E-state index in [1.807, 2.05) is 0 Å². The minimum absolute atomic E-state index is 0.0426. The minimum atomic E-state index is -0.543. The molecule has 2 amide bonds. The summed E-state index contributed by atoms with van der Waals surface area (Å²) in [6, 6.07) is 7.49. The summed E-state index contributed by atoms with van der Waals surface area (Å²) in [6.07, 6.45) is 5.66. The van der Waals surface area contributed by atoms with Gasteiger partial charge in [0.05, 0.1) is 22.4 Å². The summed E-state index contributed by atoms with van der Waals surface area (Å²) in [5.41, 5.74) is 3.52. The van der Waals surface area contributed by atoms with Crippen LogP contribution >= 0.6 is 11.6 Å². The Kier molecular flexibility index (Phi) is 8.97. The zero-order chi connectivity index (χ0) is 27.8. The van der Waals surface area contributed by atoms with Crippen molar-refractivity contribution in [2.75, 3.05) is 10.6 Å². The number of hydroxylamine groups is 1. The molecule has 39 heavy (non-hydrogen) atoms. The van der Waals surface area contributed by atoms with Gasteiger partial charge in [-0.3, -0.25) is 19.5 Å². The largest absolute Gasteiger partial charge is 0.485 e. The van der Waals surface area contributed by atoms with E-state index in [9.17, 15) is 14.0 Å². The van der Waals surface area contributed by atoms with Crippen molar-refractivity contribution < 1.29 is 23.9 Å². The molecule has 0 saturated heterocycles. The highest BCUT2D eigenvalue weighted by atomic mass is 35.5. The summed E-state index contributed by atoms with van der Waals surface area (Å²) < 4.78 is 21.2. The number of anilines is 3. The van der Waals surface area contributed by atoms with Crippen LogP contribution in [0.3, 0.4) is 0 Å². The molecule has 2 aromatic heterocycles. The molecule has 202 valence electrons. The number of halogens is 2. The van der Waals surface area contributed by atoms with Gasteiger partial charge in [-0.15, -0.1) is 5.10 Å². The molecule has 0 spiro atoms. The molecule has 0 bridgehead atoms. The monoisotopic (exact) mass is 554 g/mol. The van der Waals surface area contributed by atoms with E-state index in [2.05, 4.69) is 37.5 Å². The maximum atomic E-state index is 13.6. The average molecular weight is 555 g/mol. The maximum Gasteiger partial charge on any atom is 0.247 e. The Morgan fingerprint density at radius 1 is 1.21 bits per heavy atom. The molecule has 0 unspecified atom stereocenters. The number of aryl methyl sites for hydroxylation is 1. The van der Waals surface area contributed by atoms with Crippen LogP contribution < -0.4 is 20.9 Å². The normalized spacial score (nSPS) is 10.7. The summed E-state index contributed by atoms with van der Waals surface area (Å²) >= 11 is 5.90. The van der Waals surface area contributed by atoms with Crippen LogP contribution in [0.15, 0.2) is 55.5 Å². The number of hydrogen-bond acceptors (Lipinski definition) is 9. The van der Waals surface area contributed by atoms with E-state index in [0.717, 1.165) is 6.08 Å². The Bertz CT molecular complexity index is 1510. The fourth-order valence-electron chi connectivity index (χ4n) is 3.58. The third-order valence-corrected chi connectivity index (χ3v) is 5.78. The fourth-order valence-corrected chi connectivity index (χ4v) is 3.76. The fraction of sp³-hybridized carbons (Fsp3) is 0.200. The second-order valence-corrected chi connectivity index (χ2v) is 8.70. The van der Waals surface area contributed by atoms with E-state index in [1.165, 1.54) is 24.5 Å². The van der Waals surface area contributed by atoms with Gasteiger partial charge in [0.15, 0.2) is 0 Å². The highest BCUT2D eigenvalue weighted by Gasteiger charge is 2.14. The van der Waals surface area contributed by atoms with Crippen LogP contribution in [-0.2, 0) is 22.7 Å². The standard InChI is InChI=1S/C25H24ClFN8O4/c1-2-23(36)31-21-10-17-20(28-14-29-25(17)30-15-6-7-19(27)18(26)9-15)11-22(21)39-13-16-12-35(34-32-16)8-4-3-5-24(37)33-38/h2,6-7,9-12,14,38H,1,3-5,8,13H2,(H,31,36)(H,33,37)(H,28,29,30). The molecular formula is C25H24ClFN8O4. The molecule has 0 saturated carbocycles. The topological polar surface area (TPSA) is 156 Å². The van der Waals surface area contributed by atoms with Gasteiger partial charge in [0.1, 0.15) is 36.0 Å². The maximum absolute atomic E-state index is 13.6. The molecule has 0 aliphatic carbocycles. The number of nitrogens with zero attached hydrogens (tertiary/aromatic N) is 5. The third kappa shape index (κ3) is 7.24. The van der Waals surface area contributed by atoms with Crippen LogP contribution in [0.2, 0.25) is 5.02 Å². The summed E-state index contributed by atoms with van der Waals surface area (Å²) in [6.45, 7) is 4.08. The molecule has 12 nitrogen and oxygen atoms in total. The van der Waals surface area contributed by atoms with Gasteiger partial charge >= 0.3 is 0 Å². The third-order valence-electron chi connectivity index (χ3n) is 5.49. The number of benzene rings is 2. The predicted octanol–water partition coefficient (Wildman–Crippen LogP) is 4.14. The first-order valence-electron chi connectivity index (χ1n) is 11.7. The van der Waals surface area contributed by atoms with Crippen molar-refractivity contribution >= 4 is 51.5 Å². The van der Waals surface area contributed by atoms with Crippen molar-refractivity contribution in [1.82, 2.24) is 30.4 Å². The molecule has 0 radical (unpaired) electrons. The number of carbonyl (C=O) groups excluding carboxylic acids is 2. The smallest absolute Gasteiger partial charge is 0.247 e. The zero-order valence-corrected chi connectivity index (χ0v) is 21.3. The second-order valence-electron chi connectivity index (χ2n) is 8.29. The molecule has 0 fully saturated rings. The van der Waals surface area contributed by atoms with Crippen LogP contribution in [0.1, 0.15) is 25.0 Å². The van der Waals surface area contributed by atoms with Crippen LogP contribution in [0.4, 0.5) is 21.6 Å². The SMILES string of the molecule is C=CC(=O)Nc1cc2c(Nc3ccc(F)c(Cl)c3)ncnc2cc1OCc1cn(CCCCC(=O)NO)nn1. The van der Waals surface area contributed by atoms with Gasteiger partial charge in [-0.1, -0.05) is 23.4 Å². The molecule has 4 rings (SSSR count). The van der Waals surface area contributed by atoms with Crippen LogP contribution in [0.5, 0.6) is 5.75 Å². The van der Waals surface area contributed by atoms with Gasteiger partial charge in [-0.2, -0.15) is 0 Å². The average Bonchev–Trinajstić information content (AvgIpc) is 3.39. The predicted molar refractivity (Wildman–Crippen MR) is 141 cm³/mol. The Balaban J connectivity index is 1.52. The zero-order valence-electron chi connectivity index (χ0n) is 20.5. The molecule has 4 aromatic rings. The number of nitrogens with one attached hydrogen (secondary N) is 3. The number of hydrogen-bond donors (Lipinski definition) is 4. The first-order valence-corrected chi connectivity index (χ1v) is 12.1. The molecule has 0 aliphatic heterocycles. The highest BCUT2D eigenvalue weighted by molar-refractivity contribution is 6.31. The van der Waals surface area contributed by atoms with Crippen molar-refractivity contribution in [3.8, 4) is 5.75 Å². The number of amides is 2. The van der Waals surface area contributed by atoms with Gasteiger partial charge in [0.25, 0.3) is 0 Å². The van der Waals surface area contributed by atoms with Gasteiger partial charge < -0.3 is 15.4 Å². The van der Waals surface area contributed by atoms with E-state index in [4.69, 9.17) is 21.5 Å². The first-order chi connectivity index (χ1) is 18.9. The second kappa shape index (κ2) is 12.8. The van der Waals surface area contributed by atoms with E-state index in [-0.39, 0.29) is 18.1 Å². The van der Waals surface area contributed by atoms with Crippen LogP contribution in [-0.4, -0.2) is 42.0 Å². The minimum Gasteiger partial charge on any atom is -0.485 e. The summed E-state index contributed by atoms with van der Waals surface area (Å²) in [7, 11) is 0. The number of unbranched alkanes of at least 4 members (excludes halogenated alkanes) is 1. The van der Waals surface area contributed by atoms with Crippen molar-refractivity contribution in [2.45, 2.75) is 32.4 Å². The Labute approximate surface area is 226 Å². The van der Waals surface area contributed by atoms with Crippen molar-refractivity contribution in [1.29, 1.82) is 0 Å². The van der Waals surface area contributed by atoms with Crippen LogP contribution in [0, 0.1) is 5.82 Å². The van der Waals surface area contributed by atoms with E-state index in [0.29, 0.717) is 58.9 Å². The van der Waals surface area contributed by atoms with Crippen molar-refractivity contribution in [3.05, 3.63) is 72.0 Å². The quantitative estimate of drug-likeness (QED) is 0.0874. The van der Waals surface area contributed by atoms with E-state index < -0.39 is 17.6 Å². The molecule has 2 aromatic carbocycles. The van der Waals surface area contributed by atoms with Gasteiger partial charge in [-0.25, -0.2) is 19.8 Å². The summed E-state index contributed by atoms with van der Waals surface area (Å²) in [4.78, 5) is 31.8. The lowest BCUT2D eigenvalue weighted by atomic mass is 10.1.